The van der Waals surface area contributed by atoms with Crippen molar-refractivity contribution in [2.75, 3.05) is 74.8 Å². The van der Waals surface area contributed by atoms with Crippen LogP contribution in [0.1, 0.15) is 25.7 Å². The van der Waals surface area contributed by atoms with E-state index in [2.05, 4.69) is 21.1 Å². The lowest BCUT2D eigenvalue weighted by molar-refractivity contribution is 0.174. The third-order valence-corrected chi connectivity index (χ3v) is 13.4. The molecule has 0 aromatic carbocycles. The summed E-state index contributed by atoms with van der Waals surface area (Å²) in [5, 5.41) is 0. The van der Waals surface area contributed by atoms with Crippen LogP contribution in [0.15, 0.2) is 0 Å². The Bertz CT molecular complexity index is 375. The molecule has 0 aromatic heterocycles. The van der Waals surface area contributed by atoms with Gasteiger partial charge in [0.05, 0.1) is 0 Å². The van der Waals surface area contributed by atoms with Gasteiger partial charge in [0.15, 0.2) is 0 Å². The van der Waals surface area contributed by atoms with E-state index >= 15 is 0 Å². The van der Waals surface area contributed by atoms with Crippen molar-refractivity contribution in [2.24, 2.45) is 0 Å². The average Bonchev–Trinajstić information content (AvgIpc) is 3.26. The van der Waals surface area contributed by atoms with E-state index in [1.807, 2.05) is 28.4 Å². The Kier molecular flexibility index (Phi) is 9.18. The fraction of sp³-hybridized carbons (Fsp3) is 1.00. The lowest BCUT2D eigenvalue weighted by Gasteiger charge is -2.33. The smallest absolute Gasteiger partial charge is 0.386 e. The minimum atomic E-state index is -2.06. The second-order valence-electron chi connectivity index (χ2n) is 7.43. The van der Waals surface area contributed by atoms with Crippen molar-refractivity contribution < 1.29 is 17.7 Å². The monoisotopic (exact) mass is 405 g/mol. The first kappa shape index (κ1) is 22.4. The van der Waals surface area contributed by atoms with Crippen LogP contribution in [0.4, 0.5) is 0 Å². The van der Waals surface area contributed by atoms with Gasteiger partial charge in [-0.3, -0.25) is 9.13 Å². The molecule has 0 atom stereocenters. The SMILES string of the molecule is CO[Si]1(OC)CCCN1CCCN(C)CCCN1CCC[Si]1(OC)OC. The van der Waals surface area contributed by atoms with Crippen LogP contribution in [-0.2, 0) is 17.7 Å². The molecule has 2 heterocycles. The molecule has 9 heteroatoms. The van der Waals surface area contributed by atoms with E-state index in [4.69, 9.17) is 17.7 Å². The van der Waals surface area contributed by atoms with E-state index in [0.29, 0.717) is 0 Å². The van der Waals surface area contributed by atoms with Gasteiger partial charge in [-0.05, 0) is 72.0 Å². The van der Waals surface area contributed by atoms with Gasteiger partial charge in [-0.25, -0.2) is 0 Å². The number of rotatable bonds is 12. The first-order valence-electron chi connectivity index (χ1n) is 9.95. The molecule has 0 unspecified atom stereocenters. The summed E-state index contributed by atoms with van der Waals surface area (Å²) >= 11 is 0. The quantitative estimate of drug-likeness (QED) is 0.457. The summed E-state index contributed by atoms with van der Waals surface area (Å²) in [7, 11) is 5.33. The molecule has 0 amide bonds. The predicted molar refractivity (Wildman–Crippen MR) is 108 cm³/mol. The molecule has 0 N–H and O–H groups in total. The summed E-state index contributed by atoms with van der Waals surface area (Å²) in [4.78, 5) is 2.44. The molecule has 2 aliphatic rings. The van der Waals surface area contributed by atoms with Gasteiger partial charge in [0.1, 0.15) is 0 Å². The lowest BCUT2D eigenvalue weighted by atomic mass is 10.3. The summed E-state index contributed by atoms with van der Waals surface area (Å²) in [6, 6.07) is 2.19. The van der Waals surface area contributed by atoms with Crippen LogP contribution in [0.2, 0.25) is 12.1 Å². The van der Waals surface area contributed by atoms with Crippen molar-refractivity contribution >= 4 is 17.4 Å². The Hall–Kier alpha value is 0.154. The summed E-state index contributed by atoms with van der Waals surface area (Å²) in [6.07, 6.45) is 4.72. The van der Waals surface area contributed by atoms with Crippen LogP contribution in [0.3, 0.4) is 0 Å². The summed E-state index contributed by atoms with van der Waals surface area (Å²) in [5.41, 5.74) is 0. The van der Waals surface area contributed by atoms with Crippen LogP contribution in [0.5, 0.6) is 0 Å². The van der Waals surface area contributed by atoms with E-state index in [9.17, 15) is 0 Å². The largest absolute Gasteiger partial charge is 0.427 e. The van der Waals surface area contributed by atoms with Gasteiger partial charge in [0.2, 0.25) is 0 Å². The molecule has 0 bridgehead atoms. The summed E-state index contributed by atoms with van der Waals surface area (Å²) < 4.78 is 28.1. The second kappa shape index (κ2) is 10.6. The molecular formula is C17H39N3O4Si2. The highest BCUT2D eigenvalue weighted by Gasteiger charge is 2.47. The van der Waals surface area contributed by atoms with E-state index < -0.39 is 17.4 Å². The van der Waals surface area contributed by atoms with Crippen LogP contribution in [0.25, 0.3) is 0 Å². The Morgan fingerprint density at radius 1 is 0.731 bits per heavy atom. The van der Waals surface area contributed by atoms with Crippen LogP contribution >= 0.6 is 0 Å². The molecule has 0 aromatic rings. The van der Waals surface area contributed by atoms with E-state index in [-0.39, 0.29) is 0 Å². The first-order chi connectivity index (χ1) is 12.6. The molecule has 26 heavy (non-hydrogen) atoms. The maximum atomic E-state index is 5.78. The van der Waals surface area contributed by atoms with Crippen molar-refractivity contribution in [1.29, 1.82) is 0 Å². The van der Waals surface area contributed by atoms with E-state index in [0.717, 1.165) is 64.2 Å². The van der Waals surface area contributed by atoms with Gasteiger partial charge in [-0.15, -0.1) is 0 Å². The highest BCUT2D eigenvalue weighted by atomic mass is 28.4. The highest BCUT2D eigenvalue weighted by Crippen LogP contribution is 2.28. The van der Waals surface area contributed by atoms with Crippen LogP contribution in [0, 0.1) is 0 Å². The third-order valence-electron chi connectivity index (χ3n) is 6.02. The Balaban J connectivity index is 1.64. The molecule has 0 aliphatic carbocycles. The minimum absolute atomic E-state index is 1.08. The maximum Gasteiger partial charge on any atom is 0.427 e. The summed E-state index contributed by atoms with van der Waals surface area (Å²) in [5.74, 6) is 0. The summed E-state index contributed by atoms with van der Waals surface area (Å²) in [6.45, 7) is 6.62. The van der Waals surface area contributed by atoms with Crippen molar-refractivity contribution in [3.8, 4) is 0 Å². The molecular weight excluding hydrogens is 366 g/mol. The lowest BCUT2D eigenvalue weighted by Crippen LogP contribution is -2.54. The predicted octanol–water partition coefficient (Wildman–Crippen LogP) is 1.57. The number of nitrogens with zero attached hydrogens (tertiary/aromatic N) is 3. The van der Waals surface area contributed by atoms with Crippen LogP contribution < -0.4 is 0 Å². The minimum Gasteiger partial charge on any atom is -0.386 e. The van der Waals surface area contributed by atoms with Gasteiger partial charge in [-0.2, -0.15) is 0 Å². The molecule has 2 saturated heterocycles. The molecule has 0 radical (unpaired) electrons. The van der Waals surface area contributed by atoms with Gasteiger partial charge in [0, 0.05) is 40.5 Å². The molecule has 7 nitrogen and oxygen atoms in total. The standard InChI is InChI=1S/C17H39N3O4Si2/c1-18(10-6-12-19-14-8-16-25(19,21-2)22-3)11-7-13-20-15-9-17-26(20,23-4)24-5/h6-17H2,1-5H3. The van der Waals surface area contributed by atoms with Gasteiger partial charge < -0.3 is 22.6 Å². The van der Waals surface area contributed by atoms with Crippen molar-refractivity contribution in [1.82, 2.24) is 14.0 Å². The van der Waals surface area contributed by atoms with Crippen LogP contribution in [-0.4, -0.2) is 106 Å². The van der Waals surface area contributed by atoms with Crippen molar-refractivity contribution in [2.45, 2.75) is 37.8 Å². The van der Waals surface area contributed by atoms with Gasteiger partial charge in [-0.1, -0.05) is 0 Å². The average molecular weight is 406 g/mol. The van der Waals surface area contributed by atoms with E-state index in [1.165, 1.54) is 12.8 Å². The molecule has 0 saturated carbocycles. The Morgan fingerprint density at radius 2 is 1.12 bits per heavy atom. The van der Waals surface area contributed by atoms with Gasteiger partial charge >= 0.3 is 17.4 Å². The maximum absolute atomic E-state index is 5.78. The number of hydrogen-bond donors (Lipinski definition) is 0. The fourth-order valence-electron chi connectivity index (χ4n) is 4.47. The molecule has 2 rings (SSSR count). The Morgan fingerprint density at radius 3 is 1.46 bits per heavy atom. The highest BCUT2D eigenvalue weighted by molar-refractivity contribution is 6.65. The molecule has 2 fully saturated rings. The molecule has 0 spiro atoms. The van der Waals surface area contributed by atoms with Crippen molar-refractivity contribution in [3.63, 3.8) is 0 Å². The fourth-order valence-corrected chi connectivity index (χ4v) is 10.5. The zero-order valence-corrected chi connectivity index (χ0v) is 19.5. The van der Waals surface area contributed by atoms with E-state index in [1.54, 1.807) is 0 Å². The zero-order chi connectivity index (χ0) is 19.0. The first-order valence-corrected chi connectivity index (χ1v) is 13.9. The molecule has 154 valence electrons. The number of hydrogen-bond acceptors (Lipinski definition) is 7. The third kappa shape index (κ3) is 5.15. The Labute approximate surface area is 162 Å². The second-order valence-corrected chi connectivity index (χ2v) is 14.2. The normalized spacial score (nSPS) is 23.3. The molecule has 2 aliphatic heterocycles. The zero-order valence-electron chi connectivity index (χ0n) is 17.5. The van der Waals surface area contributed by atoms with Crippen molar-refractivity contribution in [3.05, 3.63) is 0 Å². The topological polar surface area (TPSA) is 46.6 Å². The van der Waals surface area contributed by atoms with Gasteiger partial charge in [0.25, 0.3) is 0 Å².